The maximum Gasteiger partial charge on any atom is 0.203 e. The standard InChI is InChI=1S/C12H15N5S2/c1-5-9-15-11(13-7-3)18-17-19-12(14-8-4)16-10-6-2/h5-10,17H,1-4H2. The lowest BCUT2D eigenvalue weighted by Gasteiger charge is -2.01. The van der Waals surface area contributed by atoms with E-state index in [1.54, 1.807) is 12.2 Å². The van der Waals surface area contributed by atoms with Crippen molar-refractivity contribution in [1.82, 2.24) is 4.13 Å². The highest BCUT2D eigenvalue weighted by atomic mass is 32.2. The van der Waals surface area contributed by atoms with Gasteiger partial charge in [0.1, 0.15) is 0 Å². The molecule has 0 atom stereocenters. The minimum absolute atomic E-state index is 0.494. The lowest BCUT2D eigenvalue weighted by molar-refractivity contribution is 1.55. The fourth-order valence-electron chi connectivity index (χ4n) is 0.657. The average molecular weight is 293 g/mol. The summed E-state index contributed by atoms with van der Waals surface area (Å²) in [5.74, 6) is 0. The highest BCUT2D eigenvalue weighted by Gasteiger charge is 2.00. The van der Waals surface area contributed by atoms with Gasteiger partial charge in [0.25, 0.3) is 0 Å². The van der Waals surface area contributed by atoms with Crippen LogP contribution in [0.2, 0.25) is 0 Å². The van der Waals surface area contributed by atoms with Crippen LogP contribution in [0.3, 0.4) is 0 Å². The molecule has 0 bridgehead atoms. The van der Waals surface area contributed by atoms with E-state index >= 15 is 0 Å². The minimum atomic E-state index is 0.494. The van der Waals surface area contributed by atoms with Crippen LogP contribution >= 0.6 is 23.9 Å². The van der Waals surface area contributed by atoms with Crippen molar-refractivity contribution >= 4 is 46.7 Å². The van der Waals surface area contributed by atoms with Gasteiger partial charge in [-0.3, -0.25) is 0 Å². The zero-order valence-electron chi connectivity index (χ0n) is 10.4. The maximum atomic E-state index is 4.05. The monoisotopic (exact) mass is 293 g/mol. The molecule has 19 heavy (non-hydrogen) atoms. The van der Waals surface area contributed by atoms with Crippen molar-refractivity contribution in [2.45, 2.75) is 0 Å². The molecule has 0 radical (unpaired) electrons. The molecule has 0 unspecified atom stereocenters. The average Bonchev–Trinajstić information content (AvgIpc) is 2.42. The van der Waals surface area contributed by atoms with Gasteiger partial charge in [-0.15, -0.1) is 0 Å². The molecule has 0 saturated carbocycles. The van der Waals surface area contributed by atoms with Gasteiger partial charge in [-0.05, 0) is 0 Å². The summed E-state index contributed by atoms with van der Waals surface area (Å²) >= 11 is 2.41. The van der Waals surface area contributed by atoms with E-state index in [9.17, 15) is 0 Å². The van der Waals surface area contributed by atoms with E-state index in [-0.39, 0.29) is 0 Å². The molecule has 0 aromatic heterocycles. The van der Waals surface area contributed by atoms with Gasteiger partial charge in [0.15, 0.2) is 0 Å². The van der Waals surface area contributed by atoms with E-state index in [4.69, 9.17) is 0 Å². The molecule has 5 nitrogen and oxygen atoms in total. The summed E-state index contributed by atoms with van der Waals surface area (Å²) in [5, 5.41) is 0.987. The summed E-state index contributed by atoms with van der Waals surface area (Å²) in [7, 11) is 0. The van der Waals surface area contributed by atoms with Crippen molar-refractivity contribution in [2.24, 2.45) is 20.0 Å². The van der Waals surface area contributed by atoms with Crippen LogP contribution < -0.4 is 4.13 Å². The second-order valence-electron chi connectivity index (χ2n) is 2.50. The molecule has 0 aliphatic carbocycles. The van der Waals surface area contributed by atoms with Gasteiger partial charge >= 0.3 is 0 Å². The Hall–Kier alpha value is -1.70. The van der Waals surface area contributed by atoms with Crippen molar-refractivity contribution in [1.29, 1.82) is 0 Å². The highest BCUT2D eigenvalue weighted by molar-refractivity contribution is 8.26. The van der Waals surface area contributed by atoms with Gasteiger partial charge in [-0.1, -0.05) is 38.5 Å². The summed E-state index contributed by atoms with van der Waals surface area (Å²) in [6.45, 7) is 14.1. The Morgan fingerprint density at radius 3 is 1.53 bits per heavy atom. The number of aliphatic imine (C=N–C) groups is 4. The third-order valence-corrected chi connectivity index (χ3v) is 2.70. The van der Waals surface area contributed by atoms with Crippen LogP contribution in [-0.2, 0) is 0 Å². The van der Waals surface area contributed by atoms with Crippen molar-refractivity contribution in [2.75, 3.05) is 0 Å². The molecular weight excluding hydrogens is 278 g/mol. The first-order valence-electron chi connectivity index (χ1n) is 5.04. The maximum absolute atomic E-state index is 4.05. The number of nitrogens with zero attached hydrogens (tertiary/aromatic N) is 4. The first-order valence-corrected chi connectivity index (χ1v) is 6.68. The van der Waals surface area contributed by atoms with E-state index in [2.05, 4.69) is 50.4 Å². The normalized spacial score (nSPS) is 12.8. The van der Waals surface area contributed by atoms with Gasteiger partial charge in [0, 0.05) is 48.7 Å². The molecule has 0 aliphatic rings. The van der Waals surface area contributed by atoms with E-state index in [1.165, 1.54) is 48.7 Å². The number of hydrogen-bond acceptors (Lipinski definition) is 5. The SMILES string of the molecule is C=CC=NC(=NC=C)SNSC(N=CC=C)=NC=C. The highest BCUT2D eigenvalue weighted by Crippen LogP contribution is 2.10. The third-order valence-electron chi connectivity index (χ3n) is 1.25. The van der Waals surface area contributed by atoms with E-state index in [1.807, 2.05) is 0 Å². The van der Waals surface area contributed by atoms with Gasteiger partial charge in [-0.2, -0.15) is 4.13 Å². The molecule has 0 heterocycles. The van der Waals surface area contributed by atoms with Crippen LogP contribution in [0.15, 0.2) is 70.8 Å². The lowest BCUT2D eigenvalue weighted by Crippen LogP contribution is -2.01. The topological polar surface area (TPSA) is 61.5 Å². The molecule has 0 saturated heterocycles. The Labute approximate surface area is 122 Å². The molecule has 0 spiro atoms. The number of rotatable bonds is 6. The fourth-order valence-corrected chi connectivity index (χ4v) is 1.90. The molecule has 0 aliphatic heterocycles. The molecular formula is C12H15N5S2. The number of amidine groups is 2. The third kappa shape index (κ3) is 9.95. The summed E-state index contributed by atoms with van der Waals surface area (Å²) in [6, 6.07) is 0. The van der Waals surface area contributed by atoms with Crippen LogP contribution in [0, 0.1) is 0 Å². The molecule has 100 valence electrons. The van der Waals surface area contributed by atoms with Crippen molar-refractivity contribution < 1.29 is 0 Å². The molecule has 1 N–H and O–H groups in total. The van der Waals surface area contributed by atoms with E-state index < -0.39 is 0 Å². The summed E-state index contributed by atoms with van der Waals surface area (Å²) < 4.78 is 2.95. The number of nitrogens with one attached hydrogen (secondary N) is 1. The van der Waals surface area contributed by atoms with Crippen LogP contribution in [0.1, 0.15) is 0 Å². The van der Waals surface area contributed by atoms with Crippen LogP contribution in [0.25, 0.3) is 0 Å². The van der Waals surface area contributed by atoms with Gasteiger partial charge in [0.2, 0.25) is 10.3 Å². The lowest BCUT2D eigenvalue weighted by atomic mass is 10.7. The fraction of sp³-hybridized carbons (Fsp3) is 0. The van der Waals surface area contributed by atoms with Crippen LogP contribution in [-0.4, -0.2) is 22.8 Å². The Morgan fingerprint density at radius 1 is 0.789 bits per heavy atom. The smallest absolute Gasteiger partial charge is 0.203 e. The van der Waals surface area contributed by atoms with Gasteiger partial charge in [0.05, 0.1) is 0 Å². The minimum Gasteiger partial charge on any atom is -0.231 e. The first kappa shape index (κ1) is 17.3. The predicted octanol–water partition coefficient (Wildman–Crippen LogP) is 3.39. The zero-order chi connectivity index (χ0) is 14.3. The van der Waals surface area contributed by atoms with Crippen molar-refractivity contribution in [3.8, 4) is 0 Å². The molecule has 0 fully saturated rings. The summed E-state index contributed by atoms with van der Waals surface area (Å²) in [6.07, 6.45) is 9.01. The predicted molar refractivity (Wildman–Crippen MR) is 91.0 cm³/mol. The zero-order valence-corrected chi connectivity index (χ0v) is 12.0. The first-order chi connectivity index (χ1) is 9.28. The Balaban J connectivity index is 4.44. The van der Waals surface area contributed by atoms with Crippen molar-refractivity contribution in [3.05, 3.63) is 50.9 Å². The molecule has 7 heteroatoms. The Bertz CT molecular complexity index is 395. The van der Waals surface area contributed by atoms with Gasteiger partial charge < -0.3 is 0 Å². The van der Waals surface area contributed by atoms with Gasteiger partial charge in [-0.25, -0.2) is 20.0 Å². The molecule has 0 rings (SSSR count). The van der Waals surface area contributed by atoms with Crippen molar-refractivity contribution in [3.63, 3.8) is 0 Å². The number of hydrogen-bond donors (Lipinski definition) is 1. The largest absolute Gasteiger partial charge is 0.231 e. The number of allylic oxidation sites excluding steroid dienone is 2. The second-order valence-corrected chi connectivity index (χ2v) is 4.31. The van der Waals surface area contributed by atoms with Crippen LogP contribution in [0.5, 0.6) is 0 Å². The summed E-state index contributed by atoms with van der Waals surface area (Å²) in [4.78, 5) is 16.0. The van der Waals surface area contributed by atoms with Crippen LogP contribution in [0.4, 0.5) is 0 Å². The summed E-state index contributed by atoms with van der Waals surface area (Å²) in [5.41, 5.74) is 0. The van der Waals surface area contributed by atoms with E-state index in [0.717, 1.165) is 0 Å². The molecule has 0 aromatic rings. The van der Waals surface area contributed by atoms with E-state index in [0.29, 0.717) is 10.3 Å². The Kier molecular flexibility index (Phi) is 11.6. The second kappa shape index (κ2) is 12.7. The molecule has 0 aromatic carbocycles. The quantitative estimate of drug-likeness (QED) is 0.464. The Morgan fingerprint density at radius 2 is 1.21 bits per heavy atom. The molecule has 0 amide bonds.